The van der Waals surface area contributed by atoms with E-state index in [9.17, 15) is 5.26 Å². The smallest absolute Gasteiger partial charge is 0.232 e. The normalized spacial score (nSPS) is 14.4. The van der Waals surface area contributed by atoms with E-state index in [0.717, 1.165) is 51.0 Å². The van der Waals surface area contributed by atoms with Crippen LogP contribution in [0.15, 0.2) is 160 Å². The van der Waals surface area contributed by atoms with Crippen LogP contribution in [0.1, 0.15) is 48.1 Å². The average Bonchev–Trinajstić information content (AvgIpc) is 3.65. The van der Waals surface area contributed by atoms with Gasteiger partial charge in [-0.05, 0) is 104 Å². The molecule has 0 amide bonds. The lowest BCUT2D eigenvalue weighted by Crippen LogP contribution is -2.07. The van der Waals surface area contributed by atoms with Gasteiger partial charge in [-0.3, -0.25) is 0 Å². The summed E-state index contributed by atoms with van der Waals surface area (Å²) in [6.45, 7) is 16.1. The third kappa shape index (κ3) is 9.39. The highest BCUT2D eigenvalue weighted by Gasteiger charge is 2.20. The number of hydrogen-bond donors (Lipinski definition) is 2. The number of nitriles is 1. The summed E-state index contributed by atoms with van der Waals surface area (Å²) < 4.78 is 0. The Kier molecular flexibility index (Phi) is 12.2. The number of anilines is 2. The first kappa shape index (κ1) is 40.1. The van der Waals surface area contributed by atoms with Crippen LogP contribution in [-0.2, 0) is 0 Å². The van der Waals surface area contributed by atoms with Crippen molar-refractivity contribution in [2.24, 2.45) is 26.4 Å². The van der Waals surface area contributed by atoms with Gasteiger partial charge in [0.05, 0.1) is 11.3 Å². The molecule has 6 aromatic rings. The first-order valence-corrected chi connectivity index (χ1v) is 20.3. The number of thiazole rings is 1. The summed E-state index contributed by atoms with van der Waals surface area (Å²) >= 11 is 1.29. The minimum absolute atomic E-state index is 0.351. The number of nitrogens with zero attached hydrogens (tertiary/aromatic N) is 7. The second-order valence-corrected chi connectivity index (χ2v) is 15.6. The van der Waals surface area contributed by atoms with Crippen molar-refractivity contribution in [1.82, 2.24) is 9.97 Å². The molecule has 4 aromatic carbocycles. The monoisotopic (exact) mass is 791 g/mol. The molecule has 0 radical (unpaired) electrons. The molecule has 2 aromatic heterocycles. The average molecular weight is 792 g/mol. The van der Waals surface area contributed by atoms with Crippen molar-refractivity contribution in [3.63, 3.8) is 0 Å². The fraction of sp³-hybridized carbons (Fsp3) is 0.163. The second-order valence-electron chi connectivity index (χ2n) is 14.7. The molecule has 59 heavy (non-hydrogen) atoms. The molecule has 7 rings (SSSR count). The molecular weight excluding hydrogens is 747 g/mol. The van der Waals surface area contributed by atoms with Gasteiger partial charge in [0.1, 0.15) is 17.5 Å². The zero-order chi connectivity index (χ0) is 41.5. The highest BCUT2D eigenvalue weighted by molar-refractivity contribution is 7.19. The van der Waals surface area contributed by atoms with Crippen LogP contribution < -0.4 is 10.6 Å². The van der Waals surface area contributed by atoms with Crippen LogP contribution >= 0.6 is 11.3 Å². The van der Waals surface area contributed by atoms with Crippen LogP contribution in [0.25, 0.3) is 33.2 Å². The standard InChI is InChI=1S/C49H45N9S/c1-8-30(2)13-12-24-51-46-43(29-50)35(7)44(47(54-46)52-39-22-16-31(3)17-23-39)56-58-49-53-45(38-20-18-37(19-21-38)36-14-10-9-11-15-36)48(59-49)57-55-40-27-34(6)41-26-32(4)25-33(5)42(41)28-40/h8-16,18-28,31H,1,17H2,2-7H3,(H2,51,52,54)/b24-12+,30-13-,57-55?,58-56?. The summed E-state index contributed by atoms with van der Waals surface area (Å²) in [6, 6.07) is 29.3. The van der Waals surface area contributed by atoms with E-state index >= 15 is 0 Å². The molecule has 0 saturated carbocycles. The van der Waals surface area contributed by atoms with Crippen molar-refractivity contribution in [3.8, 4) is 28.5 Å². The van der Waals surface area contributed by atoms with Crippen LogP contribution in [0.4, 0.5) is 33.1 Å². The SMILES string of the molecule is C=C/C(C)=C\C=C\Nc1nc(NC2=CCC(C)C=C2)c(N=Nc2nc(-c3ccc(-c4ccccc4)cc3)c(N=Nc3cc(C)c4cc(C)cc(C)c4c3)s2)c(C)c1C#N. The Balaban J connectivity index is 1.29. The molecule has 0 spiro atoms. The number of pyridine rings is 1. The molecule has 0 bridgehead atoms. The van der Waals surface area contributed by atoms with E-state index in [1.54, 1.807) is 12.3 Å². The van der Waals surface area contributed by atoms with Gasteiger partial charge in [-0.15, -0.1) is 20.5 Å². The number of hydrogen-bond acceptors (Lipinski definition) is 10. The molecule has 1 atom stereocenters. The molecule has 0 saturated heterocycles. The summed E-state index contributed by atoms with van der Waals surface area (Å²) in [5.41, 5.74) is 11.3. The topological polar surface area (TPSA) is 123 Å². The van der Waals surface area contributed by atoms with E-state index in [4.69, 9.17) is 25.3 Å². The van der Waals surface area contributed by atoms with E-state index in [2.05, 4.69) is 117 Å². The Morgan fingerprint density at radius 3 is 2.32 bits per heavy atom. The summed E-state index contributed by atoms with van der Waals surface area (Å²) in [5.74, 6) is 1.28. The summed E-state index contributed by atoms with van der Waals surface area (Å²) in [4.78, 5) is 9.81. The predicted molar refractivity (Wildman–Crippen MR) is 245 cm³/mol. The van der Waals surface area contributed by atoms with Gasteiger partial charge in [0.25, 0.3) is 0 Å². The summed E-state index contributed by atoms with van der Waals surface area (Å²) in [6.07, 6.45) is 14.5. The van der Waals surface area contributed by atoms with Crippen molar-refractivity contribution in [3.05, 3.63) is 167 Å². The van der Waals surface area contributed by atoms with Gasteiger partial charge in [0.2, 0.25) is 5.13 Å². The maximum Gasteiger partial charge on any atom is 0.232 e. The predicted octanol–water partition coefficient (Wildman–Crippen LogP) is 14.9. The lowest BCUT2D eigenvalue weighted by atomic mass is 9.98. The first-order valence-electron chi connectivity index (χ1n) is 19.4. The molecule has 1 unspecified atom stereocenters. The highest BCUT2D eigenvalue weighted by atomic mass is 32.1. The Bertz CT molecular complexity index is 2780. The Morgan fingerprint density at radius 2 is 1.59 bits per heavy atom. The van der Waals surface area contributed by atoms with Gasteiger partial charge in [0.15, 0.2) is 16.6 Å². The van der Waals surface area contributed by atoms with Crippen molar-refractivity contribution in [2.45, 2.75) is 48.0 Å². The minimum atomic E-state index is 0.351. The second kappa shape index (κ2) is 18.0. The van der Waals surface area contributed by atoms with Crippen LogP contribution in [-0.4, -0.2) is 9.97 Å². The largest absolute Gasteiger partial charge is 0.345 e. The third-order valence-electron chi connectivity index (χ3n) is 10.1. The van der Waals surface area contributed by atoms with Gasteiger partial charge in [-0.25, -0.2) is 9.97 Å². The van der Waals surface area contributed by atoms with Gasteiger partial charge in [-0.2, -0.15) is 5.26 Å². The molecule has 1 aliphatic carbocycles. The van der Waals surface area contributed by atoms with Gasteiger partial charge >= 0.3 is 0 Å². The number of aromatic nitrogens is 2. The molecule has 1 aliphatic rings. The maximum atomic E-state index is 10.3. The summed E-state index contributed by atoms with van der Waals surface area (Å²) in [7, 11) is 0. The third-order valence-corrected chi connectivity index (χ3v) is 10.9. The Morgan fingerprint density at radius 1 is 0.864 bits per heavy atom. The van der Waals surface area contributed by atoms with Crippen molar-refractivity contribution in [1.29, 1.82) is 5.26 Å². The molecule has 9 nitrogen and oxygen atoms in total. The van der Waals surface area contributed by atoms with Crippen LogP contribution in [0.3, 0.4) is 0 Å². The van der Waals surface area contributed by atoms with E-state index < -0.39 is 0 Å². The fourth-order valence-corrected chi connectivity index (χ4v) is 7.52. The number of rotatable bonds is 12. The Labute approximate surface area is 349 Å². The van der Waals surface area contributed by atoms with E-state index in [-0.39, 0.29) is 0 Å². The minimum Gasteiger partial charge on any atom is -0.345 e. The summed E-state index contributed by atoms with van der Waals surface area (Å²) in [5, 5.41) is 39.2. The van der Waals surface area contributed by atoms with Crippen LogP contribution in [0, 0.1) is 44.9 Å². The van der Waals surface area contributed by atoms with Crippen LogP contribution in [0.5, 0.6) is 0 Å². The molecule has 2 N–H and O–H groups in total. The number of allylic oxidation sites excluding steroid dienone is 7. The molecule has 292 valence electrons. The zero-order valence-electron chi connectivity index (χ0n) is 34.1. The number of benzene rings is 4. The molecule has 10 heteroatoms. The molecule has 2 heterocycles. The number of fused-ring (bicyclic) bond motifs is 1. The van der Waals surface area contributed by atoms with E-state index in [0.29, 0.717) is 50.2 Å². The number of azo groups is 2. The lowest BCUT2D eigenvalue weighted by molar-refractivity contribution is 0.731. The van der Waals surface area contributed by atoms with Gasteiger partial charge in [0, 0.05) is 23.0 Å². The van der Waals surface area contributed by atoms with Crippen molar-refractivity contribution in [2.75, 3.05) is 10.6 Å². The molecular formula is C49H45N9S. The van der Waals surface area contributed by atoms with Gasteiger partial charge < -0.3 is 10.6 Å². The zero-order valence-corrected chi connectivity index (χ0v) is 34.9. The van der Waals surface area contributed by atoms with Crippen molar-refractivity contribution < 1.29 is 0 Å². The van der Waals surface area contributed by atoms with Crippen molar-refractivity contribution >= 4 is 55.3 Å². The van der Waals surface area contributed by atoms with Crippen LogP contribution in [0.2, 0.25) is 0 Å². The van der Waals surface area contributed by atoms with Gasteiger partial charge in [-0.1, -0.05) is 127 Å². The molecule has 0 aliphatic heterocycles. The number of nitrogens with one attached hydrogen (secondary N) is 2. The van der Waals surface area contributed by atoms with E-state index in [1.807, 2.05) is 62.4 Å². The quantitative estimate of drug-likeness (QED) is 0.0943. The lowest BCUT2D eigenvalue weighted by Gasteiger charge is -2.17. The Hall–Kier alpha value is -7.09. The fourth-order valence-electron chi connectivity index (χ4n) is 6.79. The highest BCUT2D eigenvalue weighted by Crippen LogP contribution is 2.43. The maximum absolute atomic E-state index is 10.3. The van der Waals surface area contributed by atoms with E-state index in [1.165, 1.54) is 27.8 Å². The number of aryl methyl sites for hydroxylation is 3. The molecule has 0 fully saturated rings. The first-order chi connectivity index (χ1) is 28.6.